The molecule has 0 radical (unpaired) electrons. The Morgan fingerprint density at radius 3 is 2.66 bits per heavy atom. The predicted octanol–water partition coefficient (Wildman–Crippen LogP) is 3.44. The number of halogens is 3. The van der Waals surface area contributed by atoms with Crippen molar-refractivity contribution in [3.05, 3.63) is 63.7 Å². The molecule has 0 saturated heterocycles. The number of aliphatic hydroxyl groups excluding tert-OH is 1. The van der Waals surface area contributed by atoms with E-state index >= 15 is 0 Å². The molecule has 32 heavy (non-hydrogen) atoms. The number of thiazole rings is 1. The van der Waals surface area contributed by atoms with Crippen LogP contribution in [0.4, 0.5) is 18.3 Å². The Morgan fingerprint density at radius 1 is 1.16 bits per heavy atom. The fourth-order valence-electron chi connectivity index (χ4n) is 2.89. The number of aliphatic hydroxyl groups is 1. The zero-order valence-electron chi connectivity index (χ0n) is 16.3. The van der Waals surface area contributed by atoms with Crippen LogP contribution in [0.1, 0.15) is 11.4 Å². The van der Waals surface area contributed by atoms with Gasteiger partial charge < -0.3 is 20.1 Å². The summed E-state index contributed by atoms with van der Waals surface area (Å²) in [6, 6.07) is 5.76. The molecule has 0 atom stereocenters. The number of benzene rings is 1. The molecule has 3 heterocycles. The van der Waals surface area contributed by atoms with Crippen LogP contribution in [0.5, 0.6) is 5.75 Å². The second kappa shape index (κ2) is 8.93. The van der Waals surface area contributed by atoms with E-state index in [4.69, 9.17) is 9.84 Å². The van der Waals surface area contributed by atoms with E-state index in [-0.39, 0.29) is 24.8 Å². The Balaban J connectivity index is 1.60. The molecule has 3 aromatic heterocycles. The largest absolute Gasteiger partial charge is 0.486 e. The molecular formula is C20H16F3N5O3S. The van der Waals surface area contributed by atoms with Crippen LogP contribution in [-0.4, -0.2) is 38.2 Å². The summed E-state index contributed by atoms with van der Waals surface area (Å²) >= 11 is 1.32. The van der Waals surface area contributed by atoms with Crippen LogP contribution in [0, 0.1) is 0 Å². The van der Waals surface area contributed by atoms with Gasteiger partial charge in [-0.15, -0.1) is 11.3 Å². The predicted molar refractivity (Wildman–Crippen MR) is 113 cm³/mol. The second-order valence-corrected chi connectivity index (χ2v) is 7.43. The Hall–Kier alpha value is -3.51. The number of aromatic nitrogens is 4. The lowest BCUT2D eigenvalue weighted by atomic mass is 10.2. The Labute approximate surface area is 182 Å². The number of hydrogen-bond acceptors (Lipinski definition) is 8. The van der Waals surface area contributed by atoms with E-state index in [0.717, 1.165) is 12.1 Å². The monoisotopic (exact) mass is 463 g/mol. The van der Waals surface area contributed by atoms with Crippen molar-refractivity contribution < 1.29 is 23.0 Å². The van der Waals surface area contributed by atoms with Gasteiger partial charge >= 0.3 is 6.18 Å². The first-order chi connectivity index (χ1) is 15.3. The number of H-pyrrole nitrogens is 1. The fourth-order valence-corrected chi connectivity index (χ4v) is 3.61. The molecule has 8 nitrogen and oxygen atoms in total. The van der Waals surface area contributed by atoms with Crippen molar-refractivity contribution >= 4 is 27.4 Å². The van der Waals surface area contributed by atoms with E-state index in [1.165, 1.54) is 35.7 Å². The molecule has 166 valence electrons. The molecule has 0 aliphatic heterocycles. The first kappa shape index (κ1) is 21.7. The highest BCUT2D eigenvalue weighted by Crippen LogP contribution is 2.30. The number of nitrogens with one attached hydrogen (secondary N) is 2. The molecule has 0 aliphatic carbocycles. The number of aromatic amines is 1. The van der Waals surface area contributed by atoms with Crippen LogP contribution in [0.3, 0.4) is 0 Å². The van der Waals surface area contributed by atoms with Gasteiger partial charge in [-0.1, -0.05) is 0 Å². The van der Waals surface area contributed by atoms with Crippen molar-refractivity contribution in [1.82, 2.24) is 19.9 Å². The number of anilines is 1. The molecule has 0 fully saturated rings. The lowest BCUT2D eigenvalue weighted by Crippen LogP contribution is -2.14. The maximum atomic E-state index is 12.7. The first-order valence-electron chi connectivity index (χ1n) is 9.34. The van der Waals surface area contributed by atoms with Gasteiger partial charge in [0.05, 0.1) is 17.6 Å². The summed E-state index contributed by atoms with van der Waals surface area (Å²) in [6.07, 6.45) is -2.95. The van der Waals surface area contributed by atoms with E-state index in [9.17, 15) is 18.0 Å². The Kier molecular flexibility index (Phi) is 6.06. The van der Waals surface area contributed by atoms with Crippen LogP contribution in [-0.2, 0) is 12.8 Å². The molecule has 1 aromatic carbocycles. The van der Waals surface area contributed by atoms with Crippen LogP contribution in [0.25, 0.3) is 22.3 Å². The average molecular weight is 463 g/mol. The standard InChI is InChI=1S/C20H16F3N5O3S/c21-20(22,23)11-1-3-12(4-2-11)31-9-15-27-16-13(18(30)28-15)5-6-24-17(16)14-10-32-19(26-14)25-7-8-29/h1-6,10,29H,7-9H2,(H,25,26)(H,27,28,30). The van der Waals surface area contributed by atoms with Crippen molar-refractivity contribution in [1.29, 1.82) is 0 Å². The zero-order chi connectivity index (χ0) is 22.7. The van der Waals surface area contributed by atoms with Crippen molar-refractivity contribution in [2.45, 2.75) is 12.8 Å². The van der Waals surface area contributed by atoms with Crippen molar-refractivity contribution in [2.75, 3.05) is 18.5 Å². The first-order valence-corrected chi connectivity index (χ1v) is 10.2. The summed E-state index contributed by atoms with van der Waals surface area (Å²) in [5.41, 5.74) is 0.0418. The molecule has 0 unspecified atom stereocenters. The van der Waals surface area contributed by atoms with Crippen LogP contribution in [0.2, 0.25) is 0 Å². The van der Waals surface area contributed by atoms with Crippen molar-refractivity contribution in [2.24, 2.45) is 0 Å². The minimum absolute atomic E-state index is 0.0410. The van der Waals surface area contributed by atoms with Gasteiger partial charge in [0.15, 0.2) is 5.13 Å². The molecule has 12 heteroatoms. The number of pyridine rings is 1. The number of nitrogens with zero attached hydrogens (tertiary/aromatic N) is 3. The number of rotatable bonds is 7. The van der Waals surface area contributed by atoms with E-state index in [2.05, 4.69) is 25.3 Å². The van der Waals surface area contributed by atoms with Gasteiger partial charge in [0.1, 0.15) is 35.1 Å². The number of hydrogen-bond donors (Lipinski definition) is 3. The summed E-state index contributed by atoms with van der Waals surface area (Å²) < 4.78 is 43.6. The van der Waals surface area contributed by atoms with E-state index in [1.54, 1.807) is 5.38 Å². The van der Waals surface area contributed by atoms with Crippen LogP contribution >= 0.6 is 11.3 Å². The van der Waals surface area contributed by atoms with Crippen molar-refractivity contribution in [3.63, 3.8) is 0 Å². The summed E-state index contributed by atoms with van der Waals surface area (Å²) in [4.78, 5) is 28.3. The fraction of sp³-hybridized carbons (Fsp3) is 0.200. The highest BCUT2D eigenvalue weighted by molar-refractivity contribution is 7.14. The van der Waals surface area contributed by atoms with Crippen molar-refractivity contribution in [3.8, 4) is 17.1 Å². The third kappa shape index (κ3) is 4.70. The molecule has 0 aliphatic rings. The minimum atomic E-state index is -4.43. The third-order valence-electron chi connectivity index (χ3n) is 4.37. The smallest absolute Gasteiger partial charge is 0.416 e. The van der Waals surface area contributed by atoms with Gasteiger partial charge in [-0.3, -0.25) is 9.78 Å². The summed E-state index contributed by atoms with van der Waals surface area (Å²) in [6.45, 7) is 0.144. The highest BCUT2D eigenvalue weighted by atomic mass is 32.1. The number of fused-ring (bicyclic) bond motifs is 1. The minimum Gasteiger partial charge on any atom is -0.486 e. The summed E-state index contributed by atoms with van der Waals surface area (Å²) in [7, 11) is 0. The molecule has 3 N–H and O–H groups in total. The molecule has 0 bridgehead atoms. The number of ether oxygens (including phenoxy) is 1. The normalized spacial score (nSPS) is 11.6. The zero-order valence-corrected chi connectivity index (χ0v) is 17.1. The van der Waals surface area contributed by atoms with E-state index in [0.29, 0.717) is 34.0 Å². The number of alkyl halides is 3. The van der Waals surface area contributed by atoms with Gasteiger partial charge in [0.2, 0.25) is 0 Å². The van der Waals surface area contributed by atoms with E-state index in [1.807, 2.05) is 0 Å². The maximum Gasteiger partial charge on any atom is 0.416 e. The molecule has 0 spiro atoms. The van der Waals surface area contributed by atoms with Gasteiger partial charge in [-0.05, 0) is 30.3 Å². The maximum absolute atomic E-state index is 12.7. The van der Waals surface area contributed by atoms with Gasteiger partial charge in [-0.2, -0.15) is 13.2 Å². The molecular weight excluding hydrogens is 447 g/mol. The highest BCUT2D eigenvalue weighted by Gasteiger charge is 2.30. The van der Waals surface area contributed by atoms with Gasteiger partial charge in [0.25, 0.3) is 5.56 Å². The Morgan fingerprint density at radius 2 is 1.94 bits per heavy atom. The van der Waals surface area contributed by atoms with E-state index < -0.39 is 17.3 Å². The van der Waals surface area contributed by atoms with Crippen LogP contribution < -0.4 is 15.6 Å². The SMILES string of the molecule is O=c1[nH]c(COc2ccc(C(F)(F)F)cc2)nc2c(-c3csc(NCCO)n3)nccc12. The van der Waals surface area contributed by atoms with Crippen LogP contribution in [0.15, 0.2) is 46.7 Å². The topological polar surface area (TPSA) is 113 Å². The molecule has 4 aromatic rings. The second-order valence-electron chi connectivity index (χ2n) is 6.57. The summed E-state index contributed by atoms with van der Waals surface area (Å²) in [5, 5.41) is 14.5. The lowest BCUT2D eigenvalue weighted by Gasteiger charge is -2.10. The van der Waals surface area contributed by atoms with Gasteiger partial charge in [0, 0.05) is 18.1 Å². The molecule has 4 rings (SSSR count). The lowest BCUT2D eigenvalue weighted by molar-refractivity contribution is -0.137. The molecule has 0 amide bonds. The molecule has 0 saturated carbocycles. The summed E-state index contributed by atoms with van der Waals surface area (Å²) in [5.74, 6) is 0.386. The quantitative estimate of drug-likeness (QED) is 0.385. The average Bonchev–Trinajstić information content (AvgIpc) is 3.24. The van der Waals surface area contributed by atoms with Gasteiger partial charge in [-0.25, -0.2) is 9.97 Å². The Bertz CT molecular complexity index is 1290. The third-order valence-corrected chi connectivity index (χ3v) is 5.17.